The van der Waals surface area contributed by atoms with E-state index in [9.17, 15) is 4.79 Å². The molecule has 2 saturated carbocycles. The van der Waals surface area contributed by atoms with Gasteiger partial charge in [-0.3, -0.25) is 14.7 Å². The average molecular weight is 429 g/mol. The molecule has 2 aliphatic carbocycles. The molecule has 1 aliphatic heterocycles. The lowest BCUT2D eigenvalue weighted by Gasteiger charge is -2.31. The highest BCUT2D eigenvalue weighted by atomic mass is 32.2. The van der Waals surface area contributed by atoms with Gasteiger partial charge in [-0.25, -0.2) is 0 Å². The summed E-state index contributed by atoms with van der Waals surface area (Å²) in [5.41, 5.74) is 0.857. The van der Waals surface area contributed by atoms with E-state index in [-0.39, 0.29) is 11.9 Å². The molecule has 0 radical (unpaired) electrons. The number of carbonyl (C=O) groups is 1. The number of hydrogen-bond donors (Lipinski definition) is 0. The number of hydrogen-bond acceptors (Lipinski definition) is 5. The van der Waals surface area contributed by atoms with Crippen LogP contribution in [0.2, 0.25) is 0 Å². The quantitative estimate of drug-likeness (QED) is 0.569. The predicted octanol–water partition coefficient (Wildman–Crippen LogP) is 5.64. The van der Waals surface area contributed by atoms with Gasteiger partial charge in [-0.15, -0.1) is 0 Å². The molecule has 30 heavy (non-hydrogen) atoms. The van der Waals surface area contributed by atoms with Crippen molar-refractivity contribution in [3.05, 3.63) is 28.7 Å². The first-order valence-corrected chi connectivity index (χ1v) is 12.0. The van der Waals surface area contributed by atoms with E-state index in [1.54, 1.807) is 14.2 Å². The number of rotatable bonds is 5. The number of thioether (sulfide) groups is 1. The molecule has 0 atom stereocenters. The fourth-order valence-corrected chi connectivity index (χ4v) is 5.87. The smallest absolute Gasteiger partial charge is 0.267 e. The highest BCUT2D eigenvalue weighted by molar-refractivity contribution is 8.18. The van der Waals surface area contributed by atoms with E-state index in [0.29, 0.717) is 17.5 Å². The zero-order valence-electron chi connectivity index (χ0n) is 18.1. The number of nitrogens with zero attached hydrogens (tertiary/aromatic N) is 2. The molecule has 0 spiro atoms. The maximum atomic E-state index is 13.5. The standard InChI is InChI=1S/C24H32N2O3S/c1-28-20-15-9-10-17(22(20)29-2)16-21-23(27)26(19-13-7-4-8-14-19)24(30-21)25-18-11-5-3-6-12-18/h9-10,15-16,18-19H,3-8,11-14H2,1-2H3. The summed E-state index contributed by atoms with van der Waals surface area (Å²) in [5, 5.41) is 0.909. The lowest BCUT2D eigenvalue weighted by Crippen LogP contribution is -2.41. The summed E-state index contributed by atoms with van der Waals surface area (Å²) >= 11 is 1.53. The molecule has 3 fully saturated rings. The van der Waals surface area contributed by atoms with E-state index in [2.05, 4.69) is 0 Å². The summed E-state index contributed by atoms with van der Waals surface area (Å²) < 4.78 is 11.0. The minimum Gasteiger partial charge on any atom is -0.493 e. The van der Waals surface area contributed by atoms with Crippen molar-refractivity contribution in [1.29, 1.82) is 0 Å². The van der Waals surface area contributed by atoms with Gasteiger partial charge < -0.3 is 9.47 Å². The van der Waals surface area contributed by atoms with Crippen LogP contribution in [0.15, 0.2) is 28.1 Å². The largest absolute Gasteiger partial charge is 0.493 e. The van der Waals surface area contributed by atoms with Crippen LogP contribution >= 0.6 is 11.8 Å². The van der Waals surface area contributed by atoms with E-state index in [4.69, 9.17) is 14.5 Å². The van der Waals surface area contributed by atoms with E-state index in [1.807, 2.05) is 29.2 Å². The van der Waals surface area contributed by atoms with Crippen molar-refractivity contribution in [3.63, 3.8) is 0 Å². The molecule has 5 nitrogen and oxygen atoms in total. The number of aliphatic imine (C=N–C) groups is 1. The van der Waals surface area contributed by atoms with Crippen LogP contribution in [-0.4, -0.2) is 42.3 Å². The monoisotopic (exact) mass is 428 g/mol. The average Bonchev–Trinajstić information content (AvgIpc) is 3.09. The number of amidine groups is 1. The third-order valence-electron chi connectivity index (χ3n) is 6.36. The van der Waals surface area contributed by atoms with Crippen LogP contribution in [0.5, 0.6) is 11.5 Å². The Bertz CT molecular complexity index is 824. The van der Waals surface area contributed by atoms with Gasteiger partial charge in [0.05, 0.1) is 25.2 Å². The van der Waals surface area contributed by atoms with Crippen molar-refractivity contribution in [2.24, 2.45) is 4.99 Å². The molecular weight excluding hydrogens is 396 g/mol. The number of benzene rings is 1. The fourth-order valence-electron chi connectivity index (χ4n) is 4.77. The molecule has 0 unspecified atom stereocenters. The molecule has 0 N–H and O–H groups in total. The molecule has 1 aromatic carbocycles. The first-order valence-electron chi connectivity index (χ1n) is 11.2. The minimum atomic E-state index is 0.0892. The van der Waals surface area contributed by atoms with Gasteiger partial charge in [0, 0.05) is 11.6 Å². The van der Waals surface area contributed by atoms with Gasteiger partial charge >= 0.3 is 0 Å². The molecule has 162 valence electrons. The topological polar surface area (TPSA) is 51.1 Å². The maximum absolute atomic E-state index is 13.5. The molecule has 1 amide bonds. The van der Waals surface area contributed by atoms with Crippen LogP contribution < -0.4 is 9.47 Å². The van der Waals surface area contributed by atoms with Crippen molar-refractivity contribution >= 4 is 28.9 Å². The Labute approximate surface area is 183 Å². The molecule has 1 saturated heterocycles. The maximum Gasteiger partial charge on any atom is 0.267 e. The highest BCUT2D eigenvalue weighted by Crippen LogP contribution is 2.40. The second kappa shape index (κ2) is 9.90. The third kappa shape index (κ3) is 4.53. The van der Waals surface area contributed by atoms with Crippen molar-refractivity contribution in [2.45, 2.75) is 76.3 Å². The third-order valence-corrected chi connectivity index (χ3v) is 7.36. The van der Waals surface area contributed by atoms with Crippen LogP contribution in [0.4, 0.5) is 0 Å². The zero-order valence-corrected chi connectivity index (χ0v) is 18.9. The molecule has 4 rings (SSSR count). The van der Waals surface area contributed by atoms with E-state index >= 15 is 0 Å². The van der Waals surface area contributed by atoms with Crippen LogP contribution in [0, 0.1) is 0 Å². The van der Waals surface area contributed by atoms with Crippen LogP contribution in [0.1, 0.15) is 69.8 Å². The lowest BCUT2D eigenvalue weighted by atomic mass is 9.94. The van der Waals surface area contributed by atoms with Crippen molar-refractivity contribution in [3.8, 4) is 11.5 Å². The summed E-state index contributed by atoms with van der Waals surface area (Å²) in [5.74, 6) is 1.41. The Morgan fingerprint density at radius 3 is 2.37 bits per heavy atom. The molecule has 6 heteroatoms. The molecule has 1 aromatic rings. The second-order valence-corrected chi connectivity index (χ2v) is 9.37. The highest BCUT2D eigenvalue weighted by Gasteiger charge is 2.39. The Morgan fingerprint density at radius 1 is 1.00 bits per heavy atom. The Kier molecular flexibility index (Phi) is 7.03. The van der Waals surface area contributed by atoms with E-state index < -0.39 is 0 Å². The first-order chi connectivity index (χ1) is 14.7. The van der Waals surface area contributed by atoms with E-state index in [0.717, 1.165) is 41.3 Å². The number of ether oxygens (including phenoxy) is 2. The van der Waals surface area contributed by atoms with Gasteiger partial charge in [-0.1, -0.05) is 50.7 Å². The lowest BCUT2D eigenvalue weighted by molar-refractivity contribution is -0.124. The predicted molar refractivity (Wildman–Crippen MR) is 123 cm³/mol. The van der Waals surface area contributed by atoms with Crippen LogP contribution in [-0.2, 0) is 4.79 Å². The molecular formula is C24H32N2O3S. The number of methoxy groups -OCH3 is 2. The van der Waals surface area contributed by atoms with Crippen LogP contribution in [0.3, 0.4) is 0 Å². The fraction of sp³-hybridized carbons (Fsp3) is 0.583. The Morgan fingerprint density at radius 2 is 1.70 bits per heavy atom. The van der Waals surface area contributed by atoms with Gasteiger partial charge in [-0.2, -0.15) is 0 Å². The summed E-state index contributed by atoms with van der Waals surface area (Å²) in [7, 11) is 3.26. The van der Waals surface area contributed by atoms with Crippen molar-refractivity contribution < 1.29 is 14.3 Å². The Balaban J connectivity index is 1.67. The van der Waals surface area contributed by atoms with Crippen molar-refractivity contribution in [2.75, 3.05) is 14.2 Å². The number of amides is 1. The zero-order chi connectivity index (χ0) is 20.9. The molecule has 0 bridgehead atoms. The molecule has 1 heterocycles. The van der Waals surface area contributed by atoms with Gasteiger partial charge in [0.2, 0.25) is 0 Å². The Hall–Kier alpha value is -1.95. The van der Waals surface area contributed by atoms with E-state index in [1.165, 1.54) is 50.3 Å². The van der Waals surface area contributed by atoms with Gasteiger partial charge in [0.25, 0.3) is 5.91 Å². The SMILES string of the molecule is COc1cccc(C=C2SC(=NC3CCCCC3)N(C3CCCCC3)C2=O)c1OC. The minimum absolute atomic E-state index is 0.0892. The normalized spacial score (nSPS) is 24.1. The van der Waals surface area contributed by atoms with Gasteiger partial charge in [-0.05, 0) is 49.6 Å². The summed E-state index contributed by atoms with van der Waals surface area (Å²) in [6.07, 6.45) is 13.8. The summed E-state index contributed by atoms with van der Waals surface area (Å²) in [6.45, 7) is 0. The molecule has 3 aliphatic rings. The second-order valence-electron chi connectivity index (χ2n) is 8.36. The number of para-hydroxylation sites is 1. The van der Waals surface area contributed by atoms with Gasteiger partial charge in [0.1, 0.15) is 0 Å². The molecule has 0 aromatic heterocycles. The number of carbonyl (C=O) groups excluding carboxylic acids is 1. The van der Waals surface area contributed by atoms with Gasteiger partial charge in [0.15, 0.2) is 16.7 Å². The summed E-state index contributed by atoms with van der Waals surface area (Å²) in [6, 6.07) is 6.39. The van der Waals surface area contributed by atoms with Crippen LogP contribution in [0.25, 0.3) is 6.08 Å². The summed E-state index contributed by atoms with van der Waals surface area (Å²) in [4.78, 5) is 21.3. The van der Waals surface area contributed by atoms with Crippen molar-refractivity contribution in [1.82, 2.24) is 4.90 Å². The first kappa shape index (κ1) is 21.3.